The Morgan fingerprint density at radius 3 is 2.69 bits per heavy atom. The lowest BCUT2D eigenvalue weighted by atomic mass is 10.1. The molecule has 1 unspecified atom stereocenters. The van der Waals surface area contributed by atoms with Gasteiger partial charge in [0.1, 0.15) is 0 Å². The molecule has 0 radical (unpaired) electrons. The largest absolute Gasteiger partial charge is 0.356 e. The van der Waals surface area contributed by atoms with Crippen LogP contribution in [0.1, 0.15) is 32.6 Å². The first kappa shape index (κ1) is 13.5. The van der Waals surface area contributed by atoms with Gasteiger partial charge in [-0.05, 0) is 31.8 Å². The molecular formula is C12H25N3O. The van der Waals surface area contributed by atoms with Gasteiger partial charge in [0, 0.05) is 26.1 Å². The van der Waals surface area contributed by atoms with Gasteiger partial charge < -0.3 is 16.0 Å². The Bertz CT molecular complexity index is 202. The van der Waals surface area contributed by atoms with E-state index in [0.29, 0.717) is 18.9 Å². The number of carbonyl (C=O) groups is 1. The molecule has 1 aliphatic heterocycles. The van der Waals surface area contributed by atoms with Crippen molar-refractivity contribution in [1.29, 1.82) is 0 Å². The van der Waals surface area contributed by atoms with Crippen LogP contribution in [-0.4, -0.2) is 43.5 Å². The van der Waals surface area contributed by atoms with Crippen LogP contribution in [0.4, 0.5) is 0 Å². The van der Waals surface area contributed by atoms with Crippen LogP contribution in [-0.2, 0) is 4.79 Å². The van der Waals surface area contributed by atoms with E-state index in [4.69, 9.17) is 5.73 Å². The van der Waals surface area contributed by atoms with Crippen LogP contribution in [0.5, 0.6) is 0 Å². The van der Waals surface area contributed by atoms with E-state index in [2.05, 4.69) is 17.1 Å². The van der Waals surface area contributed by atoms with Crippen molar-refractivity contribution in [3.8, 4) is 0 Å². The number of nitrogens with zero attached hydrogens (tertiary/aromatic N) is 1. The fourth-order valence-electron chi connectivity index (χ4n) is 2.15. The maximum absolute atomic E-state index is 11.2. The van der Waals surface area contributed by atoms with Gasteiger partial charge in [0.15, 0.2) is 0 Å². The van der Waals surface area contributed by atoms with Crippen LogP contribution in [0, 0.1) is 5.92 Å². The molecule has 0 saturated carbocycles. The molecule has 1 aliphatic rings. The minimum Gasteiger partial charge on any atom is -0.356 e. The van der Waals surface area contributed by atoms with Crippen molar-refractivity contribution >= 4 is 5.91 Å². The number of hydrogen-bond donors (Lipinski definition) is 2. The Morgan fingerprint density at radius 2 is 2.06 bits per heavy atom. The molecule has 1 atom stereocenters. The Hall–Kier alpha value is -0.610. The molecule has 0 aromatic carbocycles. The monoisotopic (exact) mass is 227 g/mol. The Labute approximate surface area is 98.6 Å². The molecule has 4 heteroatoms. The molecule has 1 heterocycles. The average Bonchev–Trinajstić information content (AvgIpc) is 2.28. The van der Waals surface area contributed by atoms with Crippen molar-refractivity contribution in [3.05, 3.63) is 0 Å². The van der Waals surface area contributed by atoms with Crippen molar-refractivity contribution in [1.82, 2.24) is 10.2 Å². The summed E-state index contributed by atoms with van der Waals surface area (Å²) in [6, 6.07) is 0. The van der Waals surface area contributed by atoms with E-state index in [1.165, 1.54) is 32.4 Å². The molecule has 1 fully saturated rings. The third-order valence-electron chi connectivity index (χ3n) is 3.04. The molecule has 94 valence electrons. The molecular weight excluding hydrogens is 202 g/mol. The summed E-state index contributed by atoms with van der Waals surface area (Å²) in [5, 5.41) is 2.93. The lowest BCUT2D eigenvalue weighted by molar-refractivity contribution is -0.121. The van der Waals surface area contributed by atoms with Crippen LogP contribution in [0.2, 0.25) is 0 Å². The summed E-state index contributed by atoms with van der Waals surface area (Å²) in [7, 11) is 0. The van der Waals surface area contributed by atoms with E-state index in [9.17, 15) is 4.79 Å². The number of piperidine rings is 1. The van der Waals surface area contributed by atoms with Crippen molar-refractivity contribution in [2.24, 2.45) is 11.7 Å². The predicted octanol–water partition coefficient (Wildman–Crippen LogP) is 0.573. The molecule has 1 rings (SSSR count). The Morgan fingerprint density at radius 1 is 1.38 bits per heavy atom. The highest BCUT2D eigenvalue weighted by Gasteiger charge is 2.13. The number of likely N-dealkylation sites (tertiary alicyclic amines) is 1. The summed E-state index contributed by atoms with van der Waals surface area (Å²) in [6.45, 7) is 6.95. The van der Waals surface area contributed by atoms with Crippen molar-refractivity contribution in [2.75, 3.05) is 32.7 Å². The van der Waals surface area contributed by atoms with Crippen molar-refractivity contribution in [3.63, 3.8) is 0 Å². The zero-order valence-electron chi connectivity index (χ0n) is 10.4. The normalized spacial score (nSPS) is 19.4. The zero-order chi connectivity index (χ0) is 11.8. The van der Waals surface area contributed by atoms with Gasteiger partial charge in [0.25, 0.3) is 0 Å². The highest BCUT2D eigenvalue weighted by atomic mass is 16.1. The summed E-state index contributed by atoms with van der Waals surface area (Å²) in [5.41, 5.74) is 5.32. The number of hydrogen-bond acceptors (Lipinski definition) is 3. The number of amides is 1. The van der Waals surface area contributed by atoms with Gasteiger partial charge in [-0.3, -0.25) is 4.79 Å². The van der Waals surface area contributed by atoms with Crippen LogP contribution >= 0.6 is 0 Å². The second-order valence-electron chi connectivity index (χ2n) is 4.81. The van der Waals surface area contributed by atoms with E-state index in [1.54, 1.807) is 0 Å². The van der Waals surface area contributed by atoms with Crippen LogP contribution in [0.3, 0.4) is 0 Å². The first-order valence-corrected chi connectivity index (χ1v) is 6.41. The average molecular weight is 227 g/mol. The second kappa shape index (κ2) is 7.63. The third-order valence-corrected chi connectivity index (χ3v) is 3.04. The smallest absolute Gasteiger partial charge is 0.221 e. The van der Waals surface area contributed by atoms with Crippen molar-refractivity contribution in [2.45, 2.75) is 32.6 Å². The van der Waals surface area contributed by atoms with Crippen LogP contribution in [0.15, 0.2) is 0 Å². The van der Waals surface area contributed by atoms with E-state index in [0.717, 1.165) is 13.1 Å². The fraction of sp³-hybridized carbons (Fsp3) is 0.917. The van der Waals surface area contributed by atoms with Crippen LogP contribution in [0.25, 0.3) is 0 Å². The molecule has 0 aliphatic carbocycles. The van der Waals surface area contributed by atoms with Gasteiger partial charge in [-0.2, -0.15) is 0 Å². The summed E-state index contributed by atoms with van der Waals surface area (Å²) in [6.07, 6.45) is 4.47. The van der Waals surface area contributed by atoms with E-state index in [-0.39, 0.29) is 5.91 Å². The van der Waals surface area contributed by atoms with Gasteiger partial charge >= 0.3 is 0 Å². The molecule has 0 aromatic rings. The van der Waals surface area contributed by atoms with Gasteiger partial charge in [-0.15, -0.1) is 0 Å². The van der Waals surface area contributed by atoms with Crippen LogP contribution < -0.4 is 11.1 Å². The molecule has 0 bridgehead atoms. The first-order valence-electron chi connectivity index (χ1n) is 6.41. The predicted molar refractivity (Wildman–Crippen MR) is 66.1 cm³/mol. The lowest BCUT2D eigenvalue weighted by Gasteiger charge is -2.29. The SMILES string of the molecule is CC(CNC(=O)CCN)CN1CCCCC1. The molecule has 0 aromatic heterocycles. The van der Waals surface area contributed by atoms with Gasteiger partial charge in [-0.25, -0.2) is 0 Å². The maximum Gasteiger partial charge on any atom is 0.221 e. The number of carbonyl (C=O) groups excluding carboxylic acids is 1. The standard InChI is InChI=1S/C12H25N3O/c1-11(9-14-12(16)5-6-13)10-15-7-3-2-4-8-15/h11H,2-10,13H2,1H3,(H,14,16). The zero-order valence-corrected chi connectivity index (χ0v) is 10.4. The Balaban J connectivity index is 2.09. The van der Waals surface area contributed by atoms with E-state index < -0.39 is 0 Å². The molecule has 0 spiro atoms. The minimum absolute atomic E-state index is 0.0768. The molecule has 1 saturated heterocycles. The van der Waals surface area contributed by atoms with Gasteiger partial charge in [-0.1, -0.05) is 13.3 Å². The van der Waals surface area contributed by atoms with Crippen molar-refractivity contribution < 1.29 is 4.79 Å². The molecule has 3 N–H and O–H groups in total. The molecule has 4 nitrogen and oxygen atoms in total. The summed E-state index contributed by atoms with van der Waals surface area (Å²) >= 11 is 0. The second-order valence-corrected chi connectivity index (χ2v) is 4.81. The van der Waals surface area contributed by atoms with E-state index >= 15 is 0 Å². The minimum atomic E-state index is 0.0768. The van der Waals surface area contributed by atoms with E-state index in [1.807, 2.05) is 0 Å². The molecule has 1 amide bonds. The summed E-state index contributed by atoms with van der Waals surface area (Å²) in [5.74, 6) is 0.604. The highest BCUT2D eigenvalue weighted by molar-refractivity contribution is 5.75. The summed E-state index contributed by atoms with van der Waals surface area (Å²) < 4.78 is 0. The quantitative estimate of drug-likeness (QED) is 0.697. The number of nitrogens with one attached hydrogen (secondary N) is 1. The summed E-state index contributed by atoms with van der Waals surface area (Å²) in [4.78, 5) is 13.7. The van der Waals surface area contributed by atoms with Gasteiger partial charge in [0.05, 0.1) is 0 Å². The Kier molecular flexibility index (Phi) is 6.42. The topological polar surface area (TPSA) is 58.4 Å². The third kappa shape index (κ3) is 5.47. The number of nitrogens with two attached hydrogens (primary N) is 1. The maximum atomic E-state index is 11.2. The fourth-order valence-corrected chi connectivity index (χ4v) is 2.15. The highest BCUT2D eigenvalue weighted by Crippen LogP contribution is 2.10. The number of rotatable bonds is 6. The first-order chi connectivity index (χ1) is 7.72. The molecule has 16 heavy (non-hydrogen) atoms. The van der Waals surface area contributed by atoms with Gasteiger partial charge in [0.2, 0.25) is 5.91 Å². The lowest BCUT2D eigenvalue weighted by Crippen LogP contribution is -2.38.